The number of hydrogen-bond acceptors (Lipinski definition) is 3. The second-order valence-electron chi connectivity index (χ2n) is 5.09. The van der Waals surface area contributed by atoms with Gasteiger partial charge in [0.05, 0.1) is 12.0 Å². The molecule has 0 spiro atoms. The van der Waals surface area contributed by atoms with Gasteiger partial charge in [-0.2, -0.15) is 0 Å². The molecule has 4 heteroatoms. The fourth-order valence-corrected chi connectivity index (χ4v) is 2.85. The molecule has 4 nitrogen and oxygen atoms in total. The molecule has 0 saturated carbocycles. The van der Waals surface area contributed by atoms with Crippen molar-refractivity contribution in [2.24, 2.45) is 5.92 Å². The maximum Gasteiger partial charge on any atom is 0.225 e. The fraction of sp³-hybridized carbons (Fsp3) is 0.923. The Labute approximate surface area is 103 Å². The molecule has 0 radical (unpaired) electrons. The second kappa shape index (κ2) is 6.36. The predicted molar refractivity (Wildman–Crippen MR) is 66.8 cm³/mol. The molecule has 2 rings (SSSR count). The molecular formula is C13H24N2O2. The van der Waals surface area contributed by atoms with Crippen LogP contribution >= 0.6 is 0 Å². The number of rotatable bonds is 5. The minimum absolute atomic E-state index is 0.0801. The van der Waals surface area contributed by atoms with E-state index < -0.39 is 0 Å². The molecule has 0 aromatic rings. The van der Waals surface area contributed by atoms with Gasteiger partial charge in [0.15, 0.2) is 0 Å². The van der Waals surface area contributed by atoms with Gasteiger partial charge in [0.1, 0.15) is 0 Å². The first-order valence-corrected chi connectivity index (χ1v) is 6.94. The standard InChI is InChI=1S/C13H24N2O2/c1-2-12-11(6-9-17-12)13(16)15-8-5-10-4-3-7-14-10/h10-12,14H,2-9H2,1H3,(H,15,16)/t10-,11?,12?/m0/s1. The fourth-order valence-electron chi connectivity index (χ4n) is 2.85. The smallest absolute Gasteiger partial charge is 0.225 e. The van der Waals surface area contributed by atoms with Crippen LogP contribution in [0.15, 0.2) is 0 Å². The number of ether oxygens (including phenoxy) is 1. The van der Waals surface area contributed by atoms with Crippen LogP contribution in [0, 0.1) is 5.92 Å². The lowest BCUT2D eigenvalue weighted by Crippen LogP contribution is -2.37. The van der Waals surface area contributed by atoms with E-state index in [1.165, 1.54) is 12.8 Å². The topological polar surface area (TPSA) is 50.4 Å². The summed E-state index contributed by atoms with van der Waals surface area (Å²) < 4.78 is 5.54. The summed E-state index contributed by atoms with van der Waals surface area (Å²) in [4.78, 5) is 12.0. The van der Waals surface area contributed by atoms with Crippen LogP contribution in [0.1, 0.15) is 39.0 Å². The van der Waals surface area contributed by atoms with E-state index in [1.807, 2.05) is 0 Å². The molecule has 0 aliphatic carbocycles. The van der Waals surface area contributed by atoms with Gasteiger partial charge in [-0.05, 0) is 38.6 Å². The van der Waals surface area contributed by atoms with Gasteiger partial charge in [-0.3, -0.25) is 4.79 Å². The van der Waals surface area contributed by atoms with Crippen molar-refractivity contribution in [1.82, 2.24) is 10.6 Å². The summed E-state index contributed by atoms with van der Waals surface area (Å²) in [5.74, 6) is 0.267. The number of nitrogens with one attached hydrogen (secondary N) is 2. The monoisotopic (exact) mass is 240 g/mol. The van der Waals surface area contributed by atoms with Crippen molar-refractivity contribution in [2.45, 2.75) is 51.2 Å². The van der Waals surface area contributed by atoms with E-state index in [9.17, 15) is 4.79 Å². The molecule has 2 unspecified atom stereocenters. The predicted octanol–water partition coefficient (Wildman–Crippen LogP) is 1.06. The third-order valence-electron chi connectivity index (χ3n) is 3.90. The molecule has 1 amide bonds. The zero-order valence-electron chi connectivity index (χ0n) is 10.7. The van der Waals surface area contributed by atoms with Crippen molar-refractivity contribution >= 4 is 5.91 Å². The minimum atomic E-state index is 0.0801. The van der Waals surface area contributed by atoms with Crippen LogP contribution in [0.2, 0.25) is 0 Å². The van der Waals surface area contributed by atoms with E-state index in [4.69, 9.17) is 4.74 Å². The summed E-state index contributed by atoms with van der Waals surface area (Å²) in [6, 6.07) is 0.608. The molecule has 0 aromatic heterocycles. The van der Waals surface area contributed by atoms with E-state index in [0.29, 0.717) is 6.04 Å². The van der Waals surface area contributed by atoms with Gasteiger partial charge in [-0.1, -0.05) is 6.92 Å². The maximum atomic E-state index is 12.0. The van der Waals surface area contributed by atoms with Gasteiger partial charge >= 0.3 is 0 Å². The summed E-state index contributed by atoms with van der Waals surface area (Å²) in [5.41, 5.74) is 0. The average Bonchev–Trinajstić information content (AvgIpc) is 2.99. The molecule has 2 aliphatic heterocycles. The van der Waals surface area contributed by atoms with E-state index in [0.717, 1.165) is 39.0 Å². The number of hydrogen-bond donors (Lipinski definition) is 2. The van der Waals surface area contributed by atoms with Crippen LogP contribution in [0.4, 0.5) is 0 Å². The zero-order valence-corrected chi connectivity index (χ0v) is 10.7. The molecule has 2 aliphatic rings. The first-order valence-electron chi connectivity index (χ1n) is 6.94. The number of amides is 1. The quantitative estimate of drug-likeness (QED) is 0.755. The minimum Gasteiger partial charge on any atom is -0.377 e. The highest BCUT2D eigenvalue weighted by Crippen LogP contribution is 2.23. The Kier molecular flexibility index (Phi) is 4.80. The van der Waals surface area contributed by atoms with Gasteiger partial charge in [0.2, 0.25) is 5.91 Å². The lowest BCUT2D eigenvalue weighted by molar-refractivity contribution is -0.126. The Bertz CT molecular complexity index is 252. The molecular weight excluding hydrogens is 216 g/mol. The van der Waals surface area contributed by atoms with E-state index in [-0.39, 0.29) is 17.9 Å². The van der Waals surface area contributed by atoms with Crippen LogP contribution in [0.3, 0.4) is 0 Å². The SMILES string of the molecule is CCC1OCCC1C(=O)NCC[C@@H]1CCCN1. The highest BCUT2D eigenvalue weighted by Gasteiger charge is 2.32. The average molecular weight is 240 g/mol. The molecule has 2 N–H and O–H groups in total. The lowest BCUT2D eigenvalue weighted by Gasteiger charge is -2.17. The molecule has 2 heterocycles. The summed E-state index contributed by atoms with van der Waals surface area (Å²) in [7, 11) is 0. The first-order chi connectivity index (χ1) is 8.31. The zero-order chi connectivity index (χ0) is 12.1. The lowest BCUT2D eigenvalue weighted by atomic mass is 9.98. The van der Waals surface area contributed by atoms with Gasteiger partial charge < -0.3 is 15.4 Å². The molecule has 2 fully saturated rings. The number of carbonyl (C=O) groups is 1. The Balaban J connectivity index is 1.66. The van der Waals surface area contributed by atoms with Crippen LogP contribution in [0.25, 0.3) is 0 Å². The molecule has 0 aromatic carbocycles. The van der Waals surface area contributed by atoms with E-state index in [2.05, 4.69) is 17.6 Å². The summed E-state index contributed by atoms with van der Waals surface area (Å²) in [5, 5.41) is 6.50. The Hall–Kier alpha value is -0.610. The van der Waals surface area contributed by atoms with Crippen LogP contribution < -0.4 is 10.6 Å². The largest absolute Gasteiger partial charge is 0.377 e. The molecule has 17 heavy (non-hydrogen) atoms. The van der Waals surface area contributed by atoms with E-state index in [1.54, 1.807) is 0 Å². The van der Waals surface area contributed by atoms with Crippen LogP contribution in [-0.2, 0) is 9.53 Å². The number of carbonyl (C=O) groups excluding carboxylic acids is 1. The van der Waals surface area contributed by atoms with Crippen molar-refractivity contribution in [1.29, 1.82) is 0 Å². The second-order valence-corrected chi connectivity index (χ2v) is 5.09. The van der Waals surface area contributed by atoms with Crippen LogP contribution in [-0.4, -0.2) is 37.7 Å². The molecule has 3 atom stereocenters. The molecule has 0 bridgehead atoms. The van der Waals surface area contributed by atoms with Crippen molar-refractivity contribution in [3.63, 3.8) is 0 Å². The first kappa shape index (κ1) is 12.8. The Morgan fingerprint density at radius 3 is 3.06 bits per heavy atom. The highest BCUT2D eigenvalue weighted by molar-refractivity contribution is 5.79. The summed E-state index contributed by atoms with van der Waals surface area (Å²) in [6.45, 7) is 4.75. The third-order valence-corrected chi connectivity index (χ3v) is 3.90. The van der Waals surface area contributed by atoms with Crippen molar-refractivity contribution in [2.75, 3.05) is 19.7 Å². The van der Waals surface area contributed by atoms with E-state index >= 15 is 0 Å². The Morgan fingerprint density at radius 2 is 2.35 bits per heavy atom. The maximum absolute atomic E-state index is 12.0. The third kappa shape index (κ3) is 3.42. The van der Waals surface area contributed by atoms with Crippen molar-refractivity contribution in [3.05, 3.63) is 0 Å². The van der Waals surface area contributed by atoms with Gasteiger partial charge in [-0.25, -0.2) is 0 Å². The Morgan fingerprint density at radius 1 is 1.47 bits per heavy atom. The summed E-state index contributed by atoms with van der Waals surface area (Å²) >= 11 is 0. The van der Waals surface area contributed by atoms with Crippen LogP contribution in [0.5, 0.6) is 0 Å². The van der Waals surface area contributed by atoms with Crippen molar-refractivity contribution in [3.8, 4) is 0 Å². The normalized spacial score (nSPS) is 32.9. The highest BCUT2D eigenvalue weighted by atomic mass is 16.5. The van der Waals surface area contributed by atoms with Gasteiger partial charge in [0.25, 0.3) is 0 Å². The van der Waals surface area contributed by atoms with Crippen molar-refractivity contribution < 1.29 is 9.53 Å². The molecule has 2 saturated heterocycles. The summed E-state index contributed by atoms with van der Waals surface area (Å²) in [6.07, 6.45) is 5.52. The van der Waals surface area contributed by atoms with Gasteiger partial charge in [0, 0.05) is 19.2 Å². The van der Waals surface area contributed by atoms with Gasteiger partial charge in [-0.15, -0.1) is 0 Å². The molecule has 98 valence electrons.